The Morgan fingerprint density at radius 3 is 2.53 bits per heavy atom. The maximum atomic E-state index is 12.7. The monoisotopic (exact) mass is 417 g/mol. The molecule has 4 aromatic rings. The molecular weight excluding hydrogens is 398 g/mol. The number of carbonyl (C=O) groups excluding carboxylic acids is 1. The van der Waals surface area contributed by atoms with Crippen LogP contribution in [0.15, 0.2) is 71.9 Å². The zero-order valence-corrected chi connectivity index (χ0v) is 16.9. The van der Waals surface area contributed by atoms with Crippen molar-refractivity contribution in [3.8, 4) is 16.9 Å². The van der Waals surface area contributed by atoms with E-state index in [0.717, 1.165) is 29.8 Å². The van der Waals surface area contributed by atoms with E-state index in [1.807, 2.05) is 66.7 Å². The first-order valence-electron chi connectivity index (χ1n) is 9.69. The van der Waals surface area contributed by atoms with E-state index in [4.69, 9.17) is 5.10 Å². The second-order valence-corrected chi connectivity index (χ2v) is 7.94. The number of para-hydroxylation sites is 1. The molecule has 1 aliphatic rings. The molecule has 0 bridgehead atoms. The van der Waals surface area contributed by atoms with Crippen molar-refractivity contribution in [2.75, 3.05) is 11.1 Å². The van der Waals surface area contributed by atoms with E-state index in [0.29, 0.717) is 17.0 Å². The van der Waals surface area contributed by atoms with Gasteiger partial charge in [0.25, 0.3) is 0 Å². The maximum absolute atomic E-state index is 12.7. The molecule has 0 spiro atoms. The number of carbonyl (C=O) groups is 1. The van der Waals surface area contributed by atoms with E-state index in [1.165, 1.54) is 11.8 Å². The predicted octanol–water partition coefficient (Wildman–Crippen LogP) is 3.59. The SMILES string of the molecule is O=C(CSc1nnnn1C1CC1)Nc1cc(-c2ccccc2)nn1-c1ccccc1. The van der Waals surface area contributed by atoms with Gasteiger partial charge >= 0.3 is 0 Å². The summed E-state index contributed by atoms with van der Waals surface area (Å²) in [6.45, 7) is 0. The van der Waals surface area contributed by atoms with Gasteiger partial charge in [-0.05, 0) is 35.4 Å². The van der Waals surface area contributed by atoms with Crippen molar-refractivity contribution in [1.29, 1.82) is 0 Å². The van der Waals surface area contributed by atoms with Crippen LogP contribution in [0.3, 0.4) is 0 Å². The van der Waals surface area contributed by atoms with Crippen LogP contribution in [0, 0.1) is 0 Å². The number of hydrogen-bond donors (Lipinski definition) is 1. The lowest BCUT2D eigenvalue weighted by atomic mass is 10.2. The minimum absolute atomic E-state index is 0.137. The van der Waals surface area contributed by atoms with Crippen LogP contribution in [0.25, 0.3) is 16.9 Å². The standard InChI is InChI=1S/C21H19N7OS/c29-20(14-30-21-23-25-26-28(21)17-11-12-17)22-19-13-18(15-7-3-1-4-8-15)24-27(19)16-9-5-2-6-10-16/h1-10,13,17H,11-12,14H2,(H,22,29). The van der Waals surface area contributed by atoms with E-state index in [2.05, 4.69) is 20.8 Å². The van der Waals surface area contributed by atoms with E-state index < -0.39 is 0 Å². The number of hydrogen-bond acceptors (Lipinski definition) is 6. The average molecular weight is 417 g/mol. The molecule has 9 heteroatoms. The van der Waals surface area contributed by atoms with Crippen molar-refractivity contribution < 1.29 is 4.79 Å². The zero-order chi connectivity index (χ0) is 20.3. The molecule has 1 saturated carbocycles. The van der Waals surface area contributed by atoms with Crippen molar-refractivity contribution in [2.45, 2.75) is 24.0 Å². The quantitative estimate of drug-likeness (QED) is 0.462. The van der Waals surface area contributed by atoms with Crippen LogP contribution in [0.5, 0.6) is 0 Å². The molecule has 1 N–H and O–H groups in total. The van der Waals surface area contributed by atoms with Gasteiger partial charge < -0.3 is 5.32 Å². The third kappa shape index (κ3) is 3.97. The summed E-state index contributed by atoms with van der Waals surface area (Å²) in [5, 5.41) is 20.2. The molecule has 2 heterocycles. The van der Waals surface area contributed by atoms with Crippen LogP contribution >= 0.6 is 11.8 Å². The van der Waals surface area contributed by atoms with E-state index >= 15 is 0 Å². The first-order chi connectivity index (χ1) is 14.8. The Morgan fingerprint density at radius 2 is 1.80 bits per heavy atom. The van der Waals surface area contributed by atoms with Crippen LogP contribution in [-0.4, -0.2) is 41.6 Å². The third-order valence-corrected chi connectivity index (χ3v) is 5.67. The third-order valence-electron chi connectivity index (χ3n) is 4.73. The summed E-state index contributed by atoms with van der Waals surface area (Å²) in [6, 6.07) is 21.9. The highest BCUT2D eigenvalue weighted by Gasteiger charge is 2.28. The van der Waals surface area contributed by atoms with Crippen LogP contribution < -0.4 is 5.32 Å². The number of anilines is 1. The summed E-state index contributed by atoms with van der Waals surface area (Å²) in [6.07, 6.45) is 2.17. The summed E-state index contributed by atoms with van der Waals surface area (Å²) < 4.78 is 3.55. The Morgan fingerprint density at radius 1 is 1.07 bits per heavy atom. The van der Waals surface area contributed by atoms with E-state index in [-0.39, 0.29) is 11.7 Å². The molecule has 150 valence electrons. The Kier molecular flexibility index (Phi) is 5.02. The van der Waals surface area contributed by atoms with Gasteiger partial charge in [-0.25, -0.2) is 9.36 Å². The molecule has 0 aliphatic heterocycles. The number of amides is 1. The zero-order valence-electron chi connectivity index (χ0n) is 16.0. The largest absolute Gasteiger partial charge is 0.310 e. The van der Waals surface area contributed by atoms with Crippen molar-refractivity contribution in [3.05, 3.63) is 66.7 Å². The molecule has 8 nitrogen and oxygen atoms in total. The Bertz CT molecular complexity index is 1150. The van der Waals surface area contributed by atoms with Crippen molar-refractivity contribution in [1.82, 2.24) is 30.0 Å². The van der Waals surface area contributed by atoms with Gasteiger partial charge in [-0.1, -0.05) is 60.3 Å². The van der Waals surface area contributed by atoms with Gasteiger partial charge in [0.15, 0.2) is 0 Å². The summed E-state index contributed by atoms with van der Waals surface area (Å²) in [5.41, 5.74) is 2.65. The fraction of sp³-hybridized carbons (Fsp3) is 0.190. The van der Waals surface area contributed by atoms with Gasteiger partial charge in [0.05, 0.1) is 23.2 Å². The molecule has 0 unspecified atom stereocenters. The number of thioether (sulfide) groups is 1. The van der Waals surface area contributed by atoms with Crippen LogP contribution in [0.4, 0.5) is 5.82 Å². The Hall–Kier alpha value is -3.46. The number of nitrogens with zero attached hydrogens (tertiary/aromatic N) is 6. The molecule has 1 amide bonds. The first kappa shape index (κ1) is 18.6. The van der Waals surface area contributed by atoms with Gasteiger partial charge in [0.1, 0.15) is 5.82 Å². The number of aromatic nitrogens is 6. The smallest absolute Gasteiger partial charge is 0.236 e. The molecule has 0 radical (unpaired) electrons. The average Bonchev–Trinajstić information content (AvgIpc) is 3.37. The Labute approximate surface area is 177 Å². The lowest BCUT2D eigenvalue weighted by molar-refractivity contribution is -0.113. The van der Waals surface area contributed by atoms with E-state index in [9.17, 15) is 4.79 Å². The highest BCUT2D eigenvalue weighted by Crippen LogP contribution is 2.36. The normalized spacial score (nSPS) is 13.3. The molecule has 0 atom stereocenters. The maximum Gasteiger partial charge on any atom is 0.236 e. The lowest BCUT2D eigenvalue weighted by Crippen LogP contribution is -2.17. The van der Waals surface area contributed by atoms with Crippen molar-refractivity contribution in [2.24, 2.45) is 0 Å². The van der Waals surface area contributed by atoms with Crippen LogP contribution in [0.1, 0.15) is 18.9 Å². The molecule has 0 saturated heterocycles. The van der Waals surface area contributed by atoms with Crippen LogP contribution in [-0.2, 0) is 4.79 Å². The number of rotatable bonds is 7. The second kappa shape index (κ2) is 8.11. The number of benzene rings is 2. The minimum Gasteiger partial charge on any atom is -0.310 e. The number of nitrogens with one attached hydrogen (secondary N) is 1. The molecule has 1 fully saturated rings. The summed E-state index contributed by atoms with van der Waals surface area (Å²) in [7, 11) is 0. The molecule has 5 rings (SSSR count). The highest BCUT2D eigenvalue weighted by atomic mass is 32.2. The van der Waals surface area contributed by atoms with Crippen LogP contribution in [0.2, 0.25) is 0 Å². The molecule has 2 aromatic heterocycles. The fourth-order valence-electron chi connectivity index (χ4n) is 3.12. The fourth-order valence-corrected chi connectivity index (χ4v) is 3.87. The van der Waals surface area contributed by atoms with Gasteiger partial charge in [-0.2, -0.15) is 5.10 Å². The Balaban J connectivity index is 1.36. The van der Waals surface area contributed by atoms with Gasteiger partial charge in [0, 0.05) is 11.6 Å². The molecule has 2 aromatic carbocycles. The molecule has 1 aliphatic carbocycles. The number of tetrazole rings is 1. The summed E-state index contributed by atoms with van der Waals surface area (Å²) in [4.78, 5) is 12.7. The highest BCUT2D eigenvalue weighted by molar-refractivity contribution is 7.99. The summed E-state index contributed by atoms with van der Waals surface area (Å²) in [5.74, 6) is 0.697. The second-order valence-electron chi connectivity index (χ2n) is 7.00. The first-order valence-corrected chi connectivity index (χ1v) is 10.7. The summed E-state index contributed by atoms with van der Waals surface area (Å²) >= 11 is 1.34. The van der Waals surface area contributed by atoms with E-state index in [1.54, 1.807) is 9.36 Å². The minimum atomic E-state index is -0.137. The predicted molar refractivity (Wildman–Crippen MR) is 114 cm³/mol. The lowest BCUT2D eigenvalue weighted by Gasteiger charge is -2.08. The van der Waals surface area contributed by atoms with Gasteiger partial charge in [-0.3, -0.25) is 4.79 Å². The van der Waals surface area contributed by atoms with Gasteiger partial charge in [0.2, 0.25) is 11.1 Å². The van der Waals surface area contributed by atoms with Crippen molar-refractivity contribution >= 4 is 23.5 Å². The van der Waals surface area contributed by atoms with Crippen molar-refractivity contribution in [3.63, 3.8) is 0 Å². The molecule has 30 heavy (non-hydrogen) atoms. The molecular formula is C21H19N7OS. The topological polar surface area (TPSA) is 90.5 Å². The van der Waals surface area contributed by atoms with Gasteiger partial charge in [-0.15, -0.1) is 5.10 Å².